The van der Waals surface area contributed by atoms with Gasteiger partial charge in [-0.05, 0) is 41.5 Å². The molecule has 0 aliphatic carbocycles. The van der Waals surface area contributed by atoms with Gasteiger partial charge in [0, 0.05) is 18.7 Å². The number of benzene rings is 2. The van der Waals surface area contributed by atoms with Gasteiger partial charge in [-0.15, -0.1) is 0 Å². The molecular weight excluding hydrogens is 349 g/mol. The largest absolute Gasteiger partial charge is 0.493 e. The van der Waals surface area contributed by atoms with E-state index >= 15 is 0 Å². The monoisotopic (exact) mass is 371 g/mol. The highest BCUT2D eigenvalue weighted by molar-refractivity contribution is 6.24. The molecule has 27 heavy (non-hydrogen) atoms. The highest BCUT2D eigenvalue weighted by Crippen LogP contribution is 2.32. The summed E-state index contributed by atoms with van der Waals surface area (Å²) in [5, 5.41) is 0. The van der Waals surface area contributed by atoms with Crippen LogP contribution < -0.4 is 9.47 Å². The second kappa shape index (κ2) is 8.68. The molecule has 0 aromatic heterocycles. The quantitative estimate of drug-likeness (QED) is 0.598. The fourth-order valence-electron chi connectivity index (χ4n) is 2.93. The lowest BCUT2D eigenvalue weighted by Crippen LogP contribution is -2.41. The zero-order chi connectivity index (χ0) is 19.2. The fourth-order valence-corrected chi connectivity index (χ4v) is 2.93. The number of amides is 1. The third-order valence-corrected chi connectivity index (χ3v) is 4.40. The molecule has 2 aromatic rings. The van der Waals surface area contributed by atoms with Crippen LogP contribution in [0, 0.1) is 5.82 Å². The van der Waals surface area contributed by atoms with E-state index in [1.807, 2.05) is 6.07 Å². The highest BCUT2D eigenvalue weighted by Gasteiger charge is 2.22. The van der Waals surface area contributed by atoms with Crippen LogP contribution in [0.4, 0.5) is 4.39 Å². The normalized spacial score (nSPS) is 14.8. The van der Waals surface area contributed by atoms with Crippen LogP contribution in [-0.2, 0) is 9.53 Å². The van der Waals surface area contributed by atoms with Gasteiger partial charge in [-0.2, -0.15) is 0 Å². The van der Waals surface area contributed by atoms with Crippen molar-refractivity contribution in [3.63, 3.8) is 0 Å². The van der Waals surface area contributed by atoms with Crippen LogP contribution in [-0.4, -0.2) is 51.3 Å². The van der Waals surface area contributed by atoms with Gasteiger partial charge in [0.15, 0.2) is 11.5 Å². The number of carbonyl (C=O) groups is 1. The van der Waals surface area contributed by atoms with Crippen molar-refractivity contribution < 1.29 is 23.4 Å². The van der Waals surface area contributed by atoms with E-state index in [1.54, 1.807) is 49.5 Å². The second-order valence-electron chi connectivity index (χ2n) is 6.08. The van der Waals surface area contributed by atoms with Crippen LogP contribution in [0.5, 0.6) is 11.5 Å². The van der Waals surface area contributed by atoms with Crippen molar-refractivity contribution in [2.45, 2.75) is 0 Å². The predicted molar refractivity (Wildman–Crippen MR) is 101 cm³/mol. The molecule has 2 aromatic carbocycles. The summed E-state index contributed by atoms with van der Waals surface area (Å²) >= 11 is 0. The summed E-state index contributed by atoms with van der Waals surface area (Å²) in [4.78, 5) is 14.9. The zero-order valence-corrected chi connectivity index (χ0v) is 15.4. The summed E-state index contributed by atoms with van der Waals surface area (Å²) in [5.41, 5.74) is 1.95. The number of hydrogen-bond acceptors (Lipinski definition) is 4. The number of rotatable bonds is 5. The Bertz CT molecular complexity index is 827. The third kappa shape index (κ3) is 4.46. The van der Waals surface area contributed by atoms with Crippen LogP contribution in [0.3, 0.4) is 0 Å². The molecule has 0 bridgehead atoms. The van der Waals surface area contributed by atoms with Crippen molar-refractivity contribution >= 4 is 17.6 Å². The topological polar surface area (TPSA) is 48.0 Å². The maximum Gasteiger partial charge on any atom is 0.254 e. The van der Waals surface area contributed by atoms with Gasteiger partial charge >= 0.3 is 0 Å². The zero-order valence-electron chi connectivity index (χ0n) is 15.4. The Hall–Kier alpha value is -2.86. The van der Waals surface area contributed by atoms with E-state index < -0.39 is 0 Å². The van der Waals surface area contributed by atoms with Gasteiger partial charge in [0.1, 0.15) is 5.82 Å². The van der Waals surface area contributed by atoms with Crippen LogP contribution in [0.1, 0.15) is 11.1 Å². The van der Waals surface area contributed by atoms with Crippen molar-refractivity contribution in [3.05, 3.63) is 59.4 Å². The van der Waals surface area contributed by atoms with Crippen LogP contribution in [0.15, 0.2) is 42.5 Å². The van der Waals surface area contributed by atoms with Gasteiger partial charge < -0.3 is 19.1 Å². The molecule has 0 spiro atoms. The first-order valence-electron chi connectivity index (χ1n) is 8.69. The number of hydrogen-bond donors (Lipinski definition) is 0. The standard InChI is InChI=1S/C21H22FNO4/c1-25-19-8-5-16(14-20(19)26-2)18(13-15-3-6-17(22)7-4-15)21(24)23-9-11-27-12-10-23/h3-8,13-14H,9-12H2,1-2H3/b18-13-. The first-order valence-corrected chi connectivity index (χ1v) is 8.69. The first kappa shape index (κ1) is 18.9. The van der Waals surface area contributed by atoms with E-state index in [-0.39, 0.29) is 11.7 Å². The van der Waals surface area contributed by atoms with Gasteiger partial charge in [0.25, 0.3) is 5.91 Å². The Morgan fingerprint density at radius 1 is 1.04 bits per heavy atom. The first-order chi connectivity index (χ1) is 13.1. The molecular formula is C21H22FNO4. The van der Waals surface area contributed by atoms with Crippen LogP contribution >= 0.6 is 0 Å². The number of halogens is 1. The number of methoxy groups -OCH3 is 2. The van der Waals surface area contributed by atoms with E-state index in [9.17, 15) is 9.18 Å². The SMILES string of the molecule is COc1ccc(/C(=C/c2ccc(F)cc2)C(=O)N2CCOCC2)cc1OC. The van der Waals surface area contributed by atoms with Crippen molar-refractivity contribution in [3.8, 4) is 11.5 Å². The van der Waals surface area contributed by atoms with Gasteiger partial charge in [-0.1, -0.05) is 18.2 Å². The summed E-state index contributed by atoms with van der Waals surface area (Å²) in [7, 11) is 3.11. The minimum absolute atomic E-state index is 0.102. The second-order valence-corrected chi connectivity index (χ2v) is 6.08. The van der Waals surface area contributed by atoms with E-state index in [0.717, 1.165) is 5.56 Å². The van der Waals surface area contributed by atoms with E-state index in [4.69, 9.17) is 14.2 Å². The van der Waals surface area contributed by atoms with Gasteiger partial charge in [-0.25, -0.2) is 4.39 Å². The average Bonchev–Trinajstić information content (AvgIpc) is 2.73. The fraction of sp³-hybridized carbons (Fsp3) is 0.286. The number of ether oxygens (including phenoxy) is 3. The Morgan fingerprint density at radius 2 is 1.70 bits per heavy atom. The lowest BCUT2D eigenvalue weighted by Gasteiger charge is -2.28. The lowest BCUT2D eigenvalue weighted by atomic mass is 10.0. The molecule has 1 amide bonds. The smallest absolute Gasteiger partial charge is 0.254 e. The molecule has 1 saturated heterocycles. The highest BCUT2D eigenvalue weighted by atomic mass is 19.1. The van der Waals surface area contributed by atoms with Gasteiger partial charge in [0.2, 0.25) is 0 Å². The number of morpholine rings is 1. The predicted octanol–water partition coefficient (Wildman–Crippen LogP) is 3.24. The van der Waals surface area contributed by atoms with E-state index in [1.165, 1.54) is 12.1 Å². The Morgan fingerprint density at radius 3 is 2.33 bits per heavy atom. The average molecular weight is 371 g/mol. The lowest BCUT2D eigenvalue weighted by molar-refractivity contribution is -0.128. The summed E-state index contributed by atoms with van der Waals surface area (Å²) in [6.07, 6.45) is 1.76. The van der Waals surface area contributed by atoms with Crippen molar-refractivity contribution in [2.24, 2.45) is 0 Å². The summed E-state index contributed by atoms with van der Waals surface area (Å²) in [6.45, 7) is 2.10. The Kier molecular flexibility index (Phi) is 6.08. The molecule has 6 heteroatoms. The van der Waals surface area contributed by atoms with Gasteiger partial charge in [-0.3, -0.25) is 4.79 Å². The summed E-state index contributed by atoms with van der Waals surface area (Å²) < 4.78 is 29.2. The molecule has 1 aliphatic rings. The van der Waals surface area contributed by atoms with Crippen molar-refractivity contribution in [1.29, 1.82) is 0 Å². The summed E-state index contributed by atoms with van der Waals surface area (Å²) in [6, 6.07) is 11.4. The molecule has 0 unspecified atom stereocenters. The van der Waals surface area contributed by atoms with E-state index in [2.05, 4.69) is 0 Å². The maximum atomic E-state index is 13.2. The molecule has 142 valence electrons. The Labute approximate surface area is 158 Å². The molecule has 0 N–H and O–H groups in total. The third-order valence-electron chi connectivity index (χ3n) is 4.40. The number of nitrogens with zero attached hydrogens (tertiary/aromatic N) is 1. The molecule has 1 fully saturated rings. The summed E-state index contributed by atoms with van der Waals surface area (Å²) in [5.74, 6) is 0.699. The van der Waals surface area contributed by atoms with E-state index in [0.29, 0.717) is 48.9 Å². The minimum atomic E-state index is -0.320. The molecule has 1 heterocycles. The molecule has 0 radical (unpaired) electrons. The van der Waals surface area contributed by atoms with Gasteiger partial charge in [0.05, 0.1) is 27.4 Å². The molecule has 0 saturated carbocycles. The molecule has 0 atom stereocenters. The van der Waals surface area contributed by atoms with Crippen molar-refractivity contribution in [1.82, 2.24) is 4.90 Å². The molecule has 5 nitrogen and oxygen atoms in total. The van der Waals surface area contributed by atoms with Crippen molar-refractivity contribution in [2.75, 3.05) is 40.5 Å². The van der Waals surface area contributed by atoms with Crippen LogP contribution in [0.2, 0.25) is 0 Å². The molecule has 3 rings (SSSR count). The molecule has 1 aliphatic heterocycles. The van der Waals surface area contributed by atoms with Crippen LogP contribution in [0.25, 0.3) is 11.6 Å². The number of carbonyl (C=O) groups excluding carboxylic acids is 1. The maximum absolute atomic E-state index is 13.2. The minimum Gasteiger partial charge on any atom is -0.493 e. The Balaban J connectivity index is 2.03.